The number of fused-ring (bicyclic) bond motifs is 2. The molecule has 0 aliphatic carbocycles. The number of Topliss-reactive ketones (excluding diaryl/α,β-unsaturated/α-hetero) is 1. The van der Waals surface area contributed by atoms with Crippen molar-refractivity contribution in [3.05, 3.63) is 29.6 Å². The lowest BCUT2D eigenvalue weighted by Crippen LogP contribution is -2.48. The van der Waals surface area contributed by atoms with Gasteiger partial charge in [-0.15, -0.1) is 0 Å². The van der Waals surface area contributed by atoms with Crippen molar-refractivity contribution in [2.45, 2.75) is 75.9 Å². The Labute approximate surface area is 257 Å². The van der Waals surface area contributed by atoms with E-state index in [-0.39, 0.29) is 63.9 Å². The number of aromatic nitrogens is 1. The number of carboxylic acid groups (broad SMARTS) is 2. The highest BCUT2D eigenvalue weighted by Crippen LogP contribution is 2.17. The molecule has 7 N–H and O–H groups in total. The molecule has 0 saturated carbocycles. The zero-order valence-corrected chi connectivity index (χ0v) is 25.3. The second-order valence-corrected chi connectivity index (χ2v) is 11.2. The fourth-order valence-corrected chi connectivity index (χ4v) is 4.94. The van der Waals surface area contributed by atoms with Crippen LogP contribution < -0.4 is 5.32 Å². The van der Waals surface area contributed by atoms with Crippen molar-refractivity contribution < 1.29 is 49.8 Å². The number of carboxylic acids is 2. The van der Waals surface area contributed by atoms with Crippen molar-refractivity contribution in [3.8, 4) is 0 Å². The Morgan fingerprint density at radius 1 is 0.795 bits per heavy atom. The first-order valence-electron chi connectivity index (χ1n) is 14.9. The van der Waals surface area contributed by atoms with Gasteiger partial charge >= 0.3 is 11.9 Å². The maximum absolute atomic E-state index is 12.4. The van der Waals surface area contributed by atoms with E-state index >= 15 is 0 Å². The number of pyridine rings is 1. The summed E-state index contributed by atoms with van der Waals surface area (Å²) in [5.74, 6) is -2.78. The molecule has 1 aromatic heterocycles. The molecule has 0 spiro atoms. The number of nitrogens with one attached hydrogen (secondary N) is 1. The Bertz CT molecular complexity index is 999. The third kappa shape index (κ3) is 13.3. The molecule has 248 valence electrons. The highest BCUT2D eigenvalue weighted by molar-refractivity contribution is 5.80. The number of ketones is 1. The highest BCUT2D eigenvalue weighted by Gasteiger charge is 2.30. The molecule has 15 nitrogen and oxygen atoms in total. The van der Waals surface area contributed by atoms with Crippen molar-refractivity contribution in [2.75, 3.05) is 53.0 Å². The lowest BCUT2D eigenvalue weighted by atomic mass is 10.0. The molecular formula is C29H47N5O10. The van der Waals surface area contributed by atoms with Crippen LogP contribution in [0.3, 0.4) is 0 Å². The molecule has 4 unspecified atom stereocenters. The minimum atomic E-state index is -1.10. The molecule has 0 fully saturated rings. The Hall–Kier alpha value is -3.05. The summed E-state index contributed by atoms with van der Waals surface area (Å²) in [5.41, 5.74) is 1.17. The van der Waals surface area contributed by atoms with Gasteiger partial charge in [0.05, 0.1) is 36.8 Å². The Balaban J connectivity index is 2.18. The van der Waals surface area contributed by atoms with Crippen LogP contribution in [-0.4, -0.2) is 151 Å². The maximum Gasteiger partial charge on any atom is 0.320 e. The number of carbonyl (C=O) groups is 4. The van der Waals surface area contributed by atoms with Crippen LogP contribution in [0, 0.1) is 0 Å². The lowest BCUT2D eigenvalue weighted by Gasteiger charge is -2.33. The summed E-state index contributed by atoms with van der Waals surface area (Å²) in [4.78, 5) is 59.4. The average Bonchev–Trinajstić information content (AvgIpc) is 2.99. The number of amides is 1. The number of hydrogen-bond donors (Lipinski definition) is 7. The van der Waals surface area contributed by atoms with Gasteiger partial charge in [0, 0.05) is 65.1 Å². The minimum absolute atomic E-state index is 0.0144. The largest absolute Gasteiger partial charge is 0.480 e. The van der Waals surface area contributed by atoms with Crippen molar-refractivity contribution in [3.63, 3.8) is 0 Å². The number of hydrogen-bond acceptors (Lipinski definition) is 12. The third-order valence-corrected chi connectivity index (χ3v) is 7.64. The topological polar surface area (TPSA) is 224 Å². The number of nitrogens with zero attached hydrogens (tertiary/aromatic N) is 4. The summed E-state index contributed by atoms with van der Waals surface area (Å²) >= 11 is 0. The number of aliphatic hydroxyl groups excluding tert-OH is 4. The summed E-state index contributed by atoms with van der Waals surface area (Å²) < 4.78 is 0. The molecular weight excluding hydrogens is 578 g/mol. The molecule has 4 atom stereocenters. The fraction of sp³-hybridized carbons (Fsp3) is 0.690. The molecule has 44 heavy (non-hydrogen) atoms. The third-order valence-electron chi connectivity index (χ3n) is 7.64. The molecule has 0 aromatic carbocycles. The van der Waals surface area contributed by atoms with Crippen LogP contribution in [0.1, 0.15) is 49.9 Å². The van der Waals surface area contributed by atoms with E-state index in [1.165, 1.54) is 0 Å². The van der Waals surface area contributed by atoms with Gasteiger partial charge in [-0.2, -0.15) is 0 Å². The molecule has 1 aliphatic rings. The number of likely N-dealkylation sites (N-methyl/N-ethyl adjacent to an activating group) is 1. The van der Waals surface area contributed by atoms with Gasteiger partial charge < -0.3 is 40.9 Å². The van der Waals surface area contributed by atoms with Gasteiger partial charge in [-0.25, -0.2) is 0 Å². The molecule has 1 aliphatic heterocycles. The van der Waals surface area contributed by atoms with Crippen LogP contribution in [0.4, 0.5) is 0 Å². The van der Waals surface area contributed by atoms with Crippen molar-refractivity contribution in [2.24, 2.45) is 0 Å². The average molecular weight is 626 g/mol. The first-order chi connectivity index (χ1) is 20.9. The molecule has 0 radical (unpaired) electrons. The summed E-state index contributed by atoms with van der Waals surface area (Å²) in [6, 6.07) is 3.34. The van der Waals surface area contributed by atoms with E-state index in [0.717, 1.165) is 0 Å². The monoisotopic (exact) mass is 625 g/mol. The van der Waals surface area contributed by atoms with Gasteiger partial charge in [0.2, 0.25) is 5.91 Å². The maximum atomic E-state index is 12.4. The highest BCUT2D eigenvalue weighted by atomic mass is 16.4. The predicted octanol–water partition coefficient (Wildman–Crippen LogP) is -1.73. The van der Waals surface area contributed by atoms with E-state index in [0.29, 0.717) is 37.6 Å². The molecule has 2 heterocycles. The fourth-order valence-electron chi connectivity index (χ4n) is 4.94. The van der Waals surface area contributed by atoms with Crippen LogP contribution in [0.5, 0.6) is 0 Å². The molecule has 1 amide bonds. The van der Waals surface area contributed by atoms with Gasteiger partial charge in [0.25, 0.3) is 0 Å². The summed E-state index contributed by atoms with van der Waals surface area (Å²) in [6.45, 7) is 0.887. The molecule has 0 saturated heterocycles. The van der Waals surface area contributed by atoms with Crippen molar-refractivity contribution in [1.29, 1.82) is 0 Å². The second kappa shape index (κ2) is 19.4. The van der Waals surface area contributed by atoms with Gasteiger partial charge in [-0.05, 0) is 38.4 Å². The summed E-state index contributed by atoms with van der Waals surface area (Å²) in [7, 11) is 1.85. The van der Waals surface area contributed by atoms with E-state index in [1.54, 1.807) is 28.0 Å². The minimum Gasteiger partial charge on any atom is -0.480 e. The van der Waals surface area contributed by atoms with Crippen molar-refractivity contribution >= 4 is 23.6 Å². The van der Waals surface area contributed by atoms with Crippen LogP contribution in [0.25, 0.3) is 0 Å². The Morgan fingerprint density at radius 3 is 1.80 bits per heavy atom. The number of carbonyl (C=O) groups excluding carboxylic acids is 2. The SMILES string of the molecule is CN1CCN(C(CCC(=O)CCC(O)CO)C(=O)O)Cc2cccc(n2)CN(C(CCC(=O)NCC(O)CO)C(=O)O)CC1. The van der Waals surface area contributed by atoms with E-state index in [2.05, 4.69) is 10.3 Å². The number of rotatable bonds is 17. The van der Waals surface area contributed by atoms with E-state index in [4.69, 9.17) is 10.2 Å². The number of aliphatic carboxylic acids is 2. The van der Waals surface area contributed by atoms with E-state index in [1.807, 2.05) is 11.9 Å². The second-order valence-electron chi connectivity index (χ2n) is 11.2. The molecule has 2 bridgehead atoms. The predicted molar refractivity (Wildman–Crippen MR) is 157 cm³/mol. The van der Waals surface area contributed by atoms with Gasteiger partial charge in [-0.3, -0.25) is 34.0 Å². The van der Waals surface area contributed by atoms with Gasteiger partial charge in [-0.1, -0.05) is 6.07 Å². The van der Waals surface area contributed by atoms with Crippen LogP contribution in [0.15, 0.2) is 18.2 Å². The molecule has 2 rings (SSSR count). The van der Waals surface area contributed by atoms with E-state index in [9.17, 15) is 39.6 Å². The van der Waals surface area contributed by atoms with Crippen LogP contribution in [-0.2, 0) is 32.3 Å². The van der Waals surface area contributed by atoms with Crippen LogP contribution >= 0.6 is 0 Å². The number of aliphatic hydroxyl groups is 4. The molecule has 1 aromatic rings. The molecule has 15 heteroatoms. The smallest absolute Gasteiger partial charge is 0.320 e. The van der Waals surface area contributed by atoms with Gasteiger partial charge in [0.15, 0.2) is 0 Å². The van der Waals surface area contributed by atoms with Crippen LogP contribution in [0.2, 0.25) is 0 Å². The Morgan fingerprint density at radius 2 is 1.30 bits per heavy atom. The summed E-state index contributed by atoms with van der Waals surface area (Å²) in [6.07, 6.45) is -1.91. The standard InChI is InChI=1S/C29H47N5O10/c1-32-11-13-33(25(28(41)42)8-7-22(37)5-6-23(38)18-35)16-20-3-2-4-21(31-20)17-34(14-12-32)26(29(43)44)9-10-27(40)30-15-24(39)19-36/h2-4,23-26,35-36,38-39H,5-19H2,1H3,(H,30,40)(H,41,42)(H,43,44). The van der Waals surface area contributed by atoms with Gasteiger partial charge in [0.1, 0.15) is 17.9 Å². The summed E-state index contributed by atoms with van der Waals surface area (Å²) in [5, 5.41) is 59.4. The van der Waals surface area contributed by atoms with Crippen molar-refractivity contribution in [1.82, 2.24) is 25.0 Å². The quantitative estimate of drug-likeness (QED) is 0.102. The first kappa shape index (κ1) is 37.1. The zero-order valence-electron chi connectivity index (χ0n) is 25.3. The lowest BCUT2D eigenvalue weighted by molar-refractivity contribution is -0.145. The zero-order chi connectivity index (χ0) is 32.6. The Kier molecular flexibility index (Phi) is 16.3. The first-order valence-corrected chi connectivity index (χ1v) is 14.9. The van der Waals surface area contributed by atoms with E-state index < -0.39 is 55.4 Å². The normalized spacial score (nSPS) is 18.3.